The van der Waals surface area contributed by atoms with Crippen LogP contribution in [0.25, 0.3) is 0 Å². The van der Waals surface area contributed by atoms with Gasteiger partial charge in [0.05, 0.1) is 6.61 Å². The van der Waals surface area contributed by atoms with Crippen molar-refractivity contribution in [2.24, 2.45) is 0 Å². The lowest BCUT2D eigenvalue weighted by Crippen LogP contribution is -2.66. The molecular formula is C15H27N3O2. The summed E-state index contributed by atoms with van der Waals surface area (Å²) < 4.78 is 5.48. The summed E-state index contributed by atoms with van der Waals surface area (Å²) in [7, 11) is 2.22. The van der Waals surface area contributed by atoms with Crippen LogP contribution in [0.3, 0.4) is 0 Å². The molecule has 2 atom stereocenters. The van der Waals surface area contributed by atoms with Gasteiger partial charge in [0, 0.05) is 38.3 Å². The molecule has 0 amide bonds. The number of ether oxygens (including phenoxy) is 1. The van der Waals surface area contributed by atoms with Crippen LogP contribution in [0.15, 0.2) is 0 Å². The fraction of sp³-hybridized carbons (Fsp3) is 0.933. The minimum atomic E-state index is -0.365. The lowest BCUT2D eigenvalue weighted by Gasteiger charge is -2.50. The summed E-state index contributed by atoms with van der Waals surface area (Å²) >= 11 is 0. The molecule has 0 saturated carbocycles. The predicted molar refractivity (Wildman–Crippen MR) is 77.6 cm³/mol. The molecule has 2 unspecified atom stereocenters. The smallest absolute Gasteiger partial charge is 0.326 e. The topological polar surface area (TPSA) is 44.8 Å². The van der Waals surface area contributed by atoms with E-state index in [1.165, 1.54) is 12.8 Å². The molecule has 0 radical (unpaired) electrons. The third-order valence-corrected chi connectivity index (χ3v) is 5.51. The summed E-state index contributed by atoms with van der Waals surface area (Å²) in [4.78, 5) is 17.6. The molecule has 0 aromatic rings. The molecular weight excluding hydrogens is 254 g/mol. The van der Waals surface area contributed by atoms with Gasteiger partial charge in [0.15, 0.2) is 0 Å². The number of rotatable bonds is 3. The van der Waals surface area contributed by atoms with Gasteiger partial charge in [-0.15, -0.1) is 0 Å². The fourth-order valence-electron chi connectivity index (χ4n) is 4.36. The van der Waals surface area contributed by atoms with Crippen molar-refractivity contribution in [2.75, 3.05) is 39.8 Å². The maximum Gasteiger partial charge on any atom is 0.326 e. The van der Waals surface area contributed by atoms with Crippen LogP contribution in [0.5, 0.6) is 0 Å². The third-order valence-electron chi connectivity index (χ3n) is 5.51. The van der Waals surface area contributed by atoms with Crippen molar-refractivity contribution in [1.82, 2.24) is 15.1 Å². The van der Waals surface area contributed by atoms with Gasteiger partial charge in [-0.2, -0.15) is 0 Å². The molecule has 2 bridgehead atoms. The molecule has 114 valence electrons. The van der Waals surface area contributed by atoms with Gasteiger partial charge >= 0.3 is 5.97 Å². The fourth-order valence-corrected chi connectivity index (χ4v) is 4.36. The lowest BCUT2D eigenvalue weighted by atomic mass is 9.81. The van der Waals surface area contributed by atoms with E-state index < -0.39 is 0 Å². The monoisotopic (exact) mass is 281 g/mol. The van der Waals surface area contributed by atoms with Crippen LogP contribution in [0.4, 0.5) is 0 Å². The number of hydrogen-bond acceptors (Lipinski definition) is 5. The molecule has 0 aliphatic carbocycles. The minimum Gasteiger partial charge on any atom is -0.465 e. The average Bonchev–Trinajstić information content (AvgIpc) is 2.70. The van der Waals surface area contributed by atoms with Crippen LogP contribution in [0.2, 0.25) is 0 Å². The Hall–Kier alpha value is -0.650. The van der Waals surface area contributed by atoms with Gasteiger partial charge in [0.1, 0.15) is 5.54 Å². The Morgan fingerprint density at radius 1 is 1.25 bits per heavy atom. The van der Waals surface area contributed by atoms with E-state index in [0.717, 1.165) is 39.0 Å². The second-order valence-electron chi connectivity index (χ2n) is 6.45. The van der Waals surface area contributed by atoms with E-state index >= 15 is 0 Å². The molecule has 3 fully saturated rings. The molecule has 0 spiro atoms. The van der Waals surface area contributed by atoms with Crippen LogP contribution < -0.4 is 5.32 Å². The number of hydrogen-bond donors (Lipinski definition) is 1. The van der Waals surface area contributed by atoms with Crippen LogP contribution in [-0.4, -0.2) is 73.2 Å². The first kappa shape index (κ1) is 14.3. The summed E-state index contributed by atoms with van der Waals surface area (Å²) in [6.07, 6.45) is 4.35. The van der Waals surface area contributed by atoms with E-state index in [1.54, 1.807) is 0 Å². The van der Waals surface area contributed by atoms with Gasteiger partial charge in [-0.25, -0.2) is 0 Å². The van der Waals surface area contributed by atoms with Gasteiger partial charge < -0.3 is 15.0 Å². The van der Waals surface area contributed by atoms with E-state index in [4.69, 9.17) is 4.74 Å². The number of fused-ring (bicyclic) bond motifs is 2. The van der Waals surface area contributed by atoms with Crippen LogP contribution >= 0.6 is 0 Å². The largest absolute Gasteiger partial charge is 0.465 e. The molecule has 3 heterocycles. The molecule has 5 heteroatoms. The maximum atomic E-state index is 12.7. The Kier molecular flexibility index (Phi) is 4.02. The SMILES string of the molecule is CCOC(=O)C1(N2CCNCC2)CC2CCC(C1)N2C. The summed E-state index contributed by atoms with van der Waals surface area (Å²) in [6.45, 7) is 6.27. The molecule has 3 aliphatic rings. The first-order valence-electron chi connectivity index (χ1n) is 8.02. The second-order valence-corrected chi connectivity index (χ2v) is 6.45. The van der Waals surface area contributed by atoms with Gasteiger partial charge in [-0.1, -0.05) is 0 Å². The first-order chi connectivity index (χ1) is 9.67. The van der Waals surface area contributed by atoms with Crippen molar-refractivity contribution in [3.63, 3.8) is 0 Å². The van der Waals surface area contributed by atoms with Gasteiger partial charge in [0.25, 0.3) is 0 Å². The van der Waals surface area contributed by atoms with Gasteiger partial charge in [-0.3, -0.25) is 9.69 Å². The molecule has 1 N–H and O–H groups in total. The minimum absolute atomic E-state index is 0.0203. The Morgan fingerprint density at radius 2 is 1.85 bits per heavy atom. The zero-order chi connectivity index (χ0) is 14.2. The van der Waals surface area contributed by atoms with Crippen molar-refractivity contribution in [3.8, 4) is 0 Å². The predicted octanol–water partition coefficient (Wildman–Crippen LogP) is 0.450. The average molecular weight is 281 g/mol. The normalized spacial score (nSPS) is 38.9. The number of carbonyl (C=O) groups is 1. The number of nitrogens with one attached hydrogen (secondary N) is 1. The Morgan fingerprint density at radius 3 is 2.40 bits per heavy atom. The van der Waals surface area contributed by atoms with E-state index in [2.05, 4.69) is 22.2 Å². The lowest BCUT2D eigenvalue weighted by molar-refractivity contribution is -0.164. The van der Waals surface area contributed by atoms with Gasteiger partial charge in [0.2, 0.25) is 0 Å². The zero-order valence-electron chi connectivity index (χ0n) is 12.7. The van der Waals surface area contributed by atoms with Crippen molar-refractivity contribution in [1.29, 1.82) is 0 Å². The van der Waals surface area contributed by atoms with E-state index in [9.17, 15) is 4.79 Å². The first-order valence-corrected chi connectivity index (χ1v) is 8.02. The molecule has 5 nitrogen and oxygen atoms in total. The van der Waals surface area contributed by atoms with E-state index in [1.807, 2.05) is 6.92 Å². The standard InChI is InChI=1S/C15H27N3O2/c1-3-20-14(19)15(18-8-6-16-7-9-18)10-12-4-5-13(11-15)17(12)2/h12-13,16H,3-11H2,1-2H3. The number of nitrogens with zero attached hydrogens (tertiary/aromatic N) is 2. The number of esters is 1. The number of piperidine rings is 1. The highest BCUT2D eigenvalue weighted by Crippen LogP contribution is 2.43. The second kappa shape index (κ2) is 5.62. The van der Waals surface area contributed by atoms with Crippen LogP contribution in [0, 0.1) is 0 Å². The maximum absolute atomic E-state index is 12.7. The highest BCUT2D eigenvalue weighted by atomic mass is 16.5. The van der Waals surface area contributed by atoms with Crippen LogP contribution in [0.1, 0.15) is 32.6 Å². The van der Waals surface area contributed by atoms with E-state index in [-0.39, 0.29) is 11.5 Å². The Bertz CT molecular complexity index is 354. The molecule has 0 aromatic carbocycles. The van der Waals surface area contributed by atoms with Gasteiger partial charge in [-0.05, 0) is 39.7 Å². The molecule has 20 heavy (non-hydrogen) atoms. The summed E-state index contributed by atoms with van der Waals surface area (Å²) in [5.41, 5.74) is -0.365. The number of carbonyl (C=O) groups excluding carboxylic acids is 1. The highest BCUT2D eigenvalue weighted by molar-refractivity contribution is 5.81. The van der Waals surface area contributed by atoms with E-state index in [0.29, 0.717) is 18.7 Å². The zero-order valence-corrected chi connectivity index (χ0v) is 12.7. The Labute approximate surface area is 121 Å². The quantitative estimate of drug-likeness (QED) is 0.761. The van der Waals surface area contributed by atoms with Crippen molar-refractivity contribution in [2.45, 2.75) is 50.2 Å². The molecule has 3 aliphatic heterocycles. The third kappa shape index (κ3) is 2.26. The highest BCUT2D eigenvalue weighted by Gasteiger charge is 2.55. The number of piperazine rings is 1. The summed E-state index contributed by atoms with van der Waals surface area (Å²) in [6, 6.07) is 1.10. The van der Waals surface area contributed by atoms with Crippen molar-refractivity contribution >= 4 is 5.97 Å². The van der Waals surface area contributed by atoms with Crippen molar-refractivity contribution in [3.05, 3.63) is 0 Å². The van der Waals surface area contributed by atoms with Crippen LogP contribution in [-0.2, 0) is 9.53 Å². The molecule has 0 aromatic heterocycles. The summed E-state index contributed by atoms with van der Waals surface area (Å²) in [5.74, 6) is 0.0203. The summed E-state index contributed by atoms with van der Waals surface area (Å²) in [5, 5.41) is 3.38. The Balaban J connectivity index is 1.86. The van der Waals surface area contributed by atoms with Crippen molar-refractivity contribution < 1.29 is 9.53 Å². The molecule has 3 saturated heterocycles. The molecule has 3 rings (SSSR count).